The molecule has 3 aromatic rings. The summed E-state index contributed by atoms with van der Waals surface area (Å²) < 4.78 is 6.09. The fourth-order valence-electron chi connectivity index (χ4n) is 4.95. The minimum Gasteiger partial charge on any atom is -0.494 e. The molecule has 0 aliphatic carbocycles. The third kappa shape index (κ3) is 7.69. The molecule has 0 aliphatic heterocycles. The van der Waals surface area contributed by atoms with E-state index in [9.17, 15) is 4.79 Å². The van der Waals surface area contributed by atoms with Gasteiger partial charge in [-0.05, 0) is 58.9 Å². The van der Waals surface area contributed by atoms with Gasteiger partial charge >= 0.3 is 0 Å². The molecule has 2 heteroatoms. The van der Waals surface area contributed by atoms with Crippen LogP contribution in [0.2, 0.25) is 0 Å². The Kier molecular flexibility index (Phi) is 11.3. The highest BCUT2D eigenvalue weighted by Crippen LogP contribution is 2.35. The lowest BCUT2D eigenvalue weighted by Gasteiger charge is -2.16. The number of hydrogen-bond acceptors (Lipinski definition) is 2. The molecule has 0 saturated carbocycles. The van der Waals surface area contributed by atoms with E-state index >= 15 is 0 Å². The standard InChI is InChI=1S/C33H44O2/c1-4-7-9-10-11-12-13-16-24-35-27-21-23-29-26(25-27)20-22-31(28(29)6-3)30-17-14-15-18-32(30)33(34)19-8-5-2/h14-15,17-18,20-23,25H,4-13,16,19,24H2,1-3H3. The molecule has 0 aliphatic rings. The van der Waals surface area contributed by atoms with Gasteiger partial charge in [0.05, 0.1) is 6.61 Å². The molecule has 0 N–H and O–H groups in total. The van der Waals surface area contributed by atoms with Gasteiger partial charge < -0.3 is 4.74 Å². The van der Waals surface area contributed by atoms with Crippen molar-refractivity contribution in [2.45, 2.75) is 97.8 Å². The molecule has 2 nitrogen and oxygen atoms in total. The average Bonchev–Trinajstić information content (AvgIpc) is 2.90. The first kappa shape index (κ1) is 27.0. The van der Waals surface area contributed by atoms with Crippen molar-refractivity contribution in [3.8, 4) is 16.9 Å². The summed E-state index contributed by atoms with van der Waals surface area (Å²) >= 11 is 0. The van der Waals surface area contributed by atoms with Gasteiger partial charge in [-0.2, -0.15) is 0 Å². The van der Waals surface area contributed by atoms with Gasteiger partial charge in [0.1, 0.15) is 5.75 Å². The number of fused-ring (bicyclic) bond motifs is 1. The Morgan fingerprint density at radius 2 is 1.43 bits per heavy atom. The van der Waals surface area contributed by atoms with E-state index in [1.165, 1.54) is 66.8 Å². The summed E-state index contributed by atoms with van der Waals surface area (Å²) in [6.07, 6.45) is 14.0. The Labute approximate surface area is 213 Å². The van der Waals surface area contributed by atoms with Crippen molar-refractivity contribution in [3.63, 3.8) is 0 Å². The highest BCUT2D eigenvalue weighted by atomic mass is 16.5. The van der Waals surface area contributed by atoms with Crippen LogP contribution in [0, 0.1) is 0 Å². The van der Waals surface area contributed by atoms with Gasteiger partial charge in [0.25, 0.3) is 0 Å². The van der Waals surface area contributed by atoms with Crippen LogP contribution in [0.3, 0.4) is 0 Å². The average molecular weight is 473 g/mol. The number of carbonyl (C=O) groups is 1. The van der Waals surface area contributed by atoms with Crippen LogP contribution in [-0.2, 0) is 6.42 Å². The Morgan fingerprint density at radius 3 is 2.17 bits per heavy atom. The molecule has 3 rings (SSSR count). The molecule has 0 atom stereocenters. The van der Waals surface area contributed by atoms with Gasteiger partial charge in [-0.3, -0.25) is 4.79 Å². The molecule has 0 radical (unpaired) electrons. The largest absolute Gasteiger partial charge is 0.494 e. The fraction of sp³-hybridized carbons (Fsp3) is 0.485. The number of carbonyl (C=O) groups excluding carboxylic acids is 1. The van der Waals surface area contributed by atoms with E-state index in [0.29, 0.717) is 6.42 Å². The monoisotopic (exact) mass is 472 g/mol. The summed E-state index contributed by atoms with van der Waals surface area (Å²) in [4.78, 5) is 12.9. The summed E-state index contributed by atoms with van der Waals surface area (Å²) in [5.41, 5.74) is 4.38. The van der Waals surface area contributed by atoms with Gasteiger partial charge in [-0.15, -0.1) is 0 Å². The second-order valence-corrected chi connectivity index (χ2v) is 9.72. The van der Waals surface area contributed by atoms with E-state index in [-0.39, 0.29) is 5.78 Å². The number of benzene rings is 3. The number of ketones is 1. The van der Waals surface area contributed by atoms with Gasteiger partial charge in [0.15, 0.2) is 5.78 Å². The predicted molar refractivity (Wildman–Crippen MR) is 151 cm³/mol. The van der Waals surface area contributed by atoms with Crippen LogP contribution in [0.4, 0.5) is 0 Å². The molecular formula is C33H44O2. The van der Waals surface area contributed by atoms with Crippen LogP contribution < -0.4 is 4.74 Å². The minimum absolute atomic E-state index is 0.245. The van der Waals surface area contributed by atoms with E-state index < -0.39 is 0 Å². The molecule has 0 spiro atoms. The number of rotatable bonds is 16. The lowest BCUT2D eigenvalue weighted by atomic mass is 9.88. The zero-order valence-corrected chi connectivity index (χ0v) is 22.2. The van der Waals surface area contributed by atoms with Crippen LogP contribution in [0.5, 0.6) is 5.75 Å². The van der Waals surface area contributed by atoms with Crippen LogP contribution in [-0.4, -0.2) is 12.4 Å². The highest BCUT2D eigenvalue weighted by Gasteiger charge is 2.16. The second kappa shape index (κ2) is 14.7. The second-order valence-electron chi connectivity index (χ2n) is 9.72. The maximum absolute atomic E-state index is 12.9. The SMILES string of the molecule is CCCCCCCCCCOc1ccc2c(CC)c(-c3ccccc3C(=O)CCCC)ccc2c1. The summed E-state index contributed by atoms with van der Waals surface area (Å²) in [5.74, 6) is 1.19. The molecule has 0 bridgehead atoms. The van der Waals surface area contributed by atoms with Crippen molar-refractivity contribution in [1.82, 2.24) is 0 Å². The topological polar surface area (TPSA) is 26.3 Å². The number of ether oxygens (including phenoxy) is 1. The van der Waals surface area contributed by atoms with Crippen LogP contribution in [0.25, 0.3) is 21.9 Å². The van der Waals surface area contributed by atoms with E-state index in [0.717, 1.165) is 49.2 Å². The van der Waals surface area contributed by atoms with Crippen molar-refractivity contribution in [3.05, 3.63) is 65.7 Å². The first-order valence-electron chi connectivity index (χ1n) is 14.0. The Morgan fingerprint density at radius 1 is 0.714 bits per heavy atom. The predicted octanol–water partition coefficient (Wildman–Crippen LogP) is 9.96. The molecule has 3 aromatic carbocycles. The quantitative estimate of drug-likeness (QED) is 0.153. The molecular weight excluding hydrogens is 428 g/mol. The summed E-state index contributed by atoms with van der Waals surface area (Å²) in [6, 6.07) is 18.9. The fourth-order valence-corrected chi connectivity index (χ4v) is 4.95. The third-order valence-electron chi connectivity index (χ3n) is 7.00. The van der Waals surface area contributed by atoms with Gasteiger partial charge in [-0.25, -0.2) is 0 Å². The summed E-state index contributed by atoms with van der Waals surface area (Å²) in [6.45, 7) is 7.38. The van der Waals surface area contributed by atoms with E-state index in [4.69, 9.17) is 4.74 Å². The number of unbranched alkanes of at least 4 members (excludes halogenated alkanes) is 8. The molecule has 188 valence electrons. The number of aryl methyl sites for hydroxylation is 1. The first-order chi connectivity index (χ1) is 17.2. The first-order valence-corrected chi connectivity index (χ1v) is 14.0. The van der Waals surface area contributed by atoms with Crippen LogP contribution >= 0.6 is 0 Å². The van der Waals surface area contributed by atoms with Crippen LogP contribution in [0.1, 0.15) is 107 Å². The van der Waals surface area contributed by atoms with Crippen molar-refractivity contribution in [1.29, 1.82) is 0 Å². The van der Waals surface area contributed by atoms with Crippen molar-refractivity contribution in [2.24, 2.45) is 0 Å². The van der Waals surface area contributed by atoms with Gasteiger partial charge in [0, 0.05) is 12.0 Å². The maximum atomic E-state index is 12.9. The Hall–Kier alpha value is -2.61. The van der Waals surface area contributed by atoms with Crippen molar-refractivity contribution >= 4 is 16.6 Å². The Bertz CT molecular complexity index is 1070. The third-order valence-corrected chi connectivity index (χ3v) is 7.00. The zero-order chi connectivity index (χ0) is 24.9. The van der Waals surface area contributed by atoms with Gasteiger partial charge in [-0.1, -0.05) is 115 Å². The molecule has 0 aromatic heterocycles. The Balaban J connectivity index is 1.69. The van der Waals surface area contributed by atoms with Gasteiger partial charge in [0.2, 0.25) is 0 Å². The maximum Gasteiger partial charge on any atom is 0.163 e. The molecule has 0 amide bonds. The lowest BCUT2D eigenvalue weighted by Crippen LogP contribution is -2.03. The smallest absolute Gasteiger partial charge is 0.163 e. The number of hydrogen-bond donors (Lipinski definition) is 0. The van der Waals surface area contributed by atoms with Crippen molar-refractivity contribution < 1.29 is 9.53 Å². The van der Waals surface area contributed by atoms with Crippen molar-refractivity contribution in [2.75, 3.05) is 6.61 Å². The summed E-state index contributed by atoms with van der Waals surface area (Å²) in [5, 5.41) is 2.45. The zero-order valence-electron chi connectivity index (χ0n) is 22.2. The molecule has 0 unspecified atom stereocenters. The number of Topliss-reactive ketones (excluding diaryl/α,β-unsaturated/α-hetero) is 1. The molecule has 0 fully saturated rings. The minimum atomic E-state index is 0.245. The van der Waals surface area contributed by atoms with Crippen LogP contribution in [0.15, 0.2) is 54.6 Å². The molecule has 35 heavy (non-hydrogen) atoms. The molecule has 0 saturated heterocycles. The highest BCUT2D eigenvalue weighted by molar-refractivity contribution is 6.04. The molecule has 0 heterocycles. The summed E-state index contributed by atoms with van der Waals surface area (Å²) in [7, 11) is 0. The normalized spacial score (nSPS) is 11.2. The van der Waals surface area contributed by atoms with E-state index in [2.05, 4.69) is 57.2 Å². The lowest BCUT2D eigenvalue weighted by molar-refractivity contribution is 0.0980. The van der Waals surface area contributed by atoms with E-state index in [1.54, 1.807) is 0 Å². The van der Waals surface area contributed by atoms with E-state index in [1.807, 2.05) is 18.2 Å².